The van der Waals surface area contributed by atoms with Crippen molar-refractivity contribution in [2.75, 3.05) is 20.3 Å². The summed E-state index contributed by atoms with van der Waals surface area (Å²) in [7, 11) is 2.00. The van der Waals surface area contributed by atoms with E-state index in [1.165, 1.54) is 10.9 Å². The number of para-hydroxylation sites is 1. The molecule has 0 unspecified atom stereocenters. The van der Waals surface area contributed by atoms with E-state index < -0.39 is 0 Å². The van der Waals surface area contributed by atoms with Crippen LogP contribution in [0.3, 0.4) is 0 Å². The van der Waals surface area contributed by atoms with Gasteiger partial charge >= 0.3 is 0 Å². The first-order chi connectivity index (χ1) is 8.61. The van der Waals surface area contributed by atoms with Gasteiger partial charge in [-0.05, 0) is 27.0 Å². The lowest BCUT2D eigenvalue weighted by Crippen LogP contribution is -2.65. The average Bonchev–Trinajstić information content (AvgIpc) is 2.72. The van der Waals surface area contributed by atoms with E-state index in [-0.39, 0.29) is 11.0 Å². The Kier molecular flexibility index (Phi) is 2.50. The summed E-state index contributed by atoms with van der Waals surface area (Å²) in [6.45, 7) is 5.92. The average molecular weight is 245 g/mol. The Balaban J connectivity index is 2.18. The lowest BCUT2D eigenvalue weighted by molar-refractivity contribution is -0.0986. The summed E-state index contributed by atoms with van der Waals surface area (Å²) in [6.07, 6.45) is 1.90. The molecule has 1 fully saturated rings. The fraction of sp³-hybridized carbons (Fsp3) is 0.467. The van der Waals surface area contributed by atoms with Crippen molar-refractivity contribution in [2.45, 2.75) is 24.8 Å². The third-order valence-corrected chi connectivity index (χ3v) is 4.51. The molecule has 2 heterocycles. The summed E-state index contributed by atoms with van der Waals surface area (Å²) in [6, 6.07) is 8.20. The predicted octanol–water partition coefficient (Wildman–Crippen LogP) is 2.70. The van der Waals surface area contributed by atoms with Gasteiger partial charge in [0.2, 0.25) is 0 Å². The lowest BCUT2D eigenvalue weighted by atomic mass is 9.65. The zero-order valence-corrected chi connectivity index (χ0v) is 11.1. The summed E-state index contributed by atoms with van der Waals surface area (Å²) in [5, 5.41) is 4.61. The fourth-order valence-corrected chi connectivity index (χ4v) is 2.75. The second-order valence-corrected chi connectivity index (χ2v) is 5.60. The molecule has 0 bridgehead atoms. The van der Waals surface area contributed by atoms with Crippen molar-refractivity contribution < 1.29 is 9.15 Å². The maximum atomic E-state index is 5.69. The minimum Gasteiger partial charge on any atom is -0.464 e. The Morgan fingerprint density at radius 3 is 2.56 bits per heavy atom. The van der Waals surface area contributed by atoms with E-state index in [9.17, 15) is 0 Å². The number of nitrogens with one attached hydrogen (secondary N) is 1. The van der Waals surface area contributed by atoms with Gasteiger partial charge < -0.3 is 14.5 Å². The monoisotopic (exact) mass is 245 g/mol. The number of hydrogen-bond acceptors (Lipinski definition) is 3. The normalized spacial score (nSPS) is 18.8. The van der Waals surface area contributed by atoms with Gasteiger partial charge in [-0.25, -0.2) is 0 Å². The van der Waals surface area contributed by atoms with Crippen molar-refractivity contribution in [3.05, 3.63) is 36.1 Å². The molecule has 3 nitrogen and oxygen atoms in total. The van der Waals surface area contributed by atoms with Crippen molar-refractivity contribution in [1.82, 2.24) is 5.32 Å². The van der Waals surface area contributed by atoms with Crippen LogP contribution < -0.4 is 5.32 Å². The van der Waals surface area contributed by atoms with E-state index in [0.717, 1.165) is 18.8 Å². The van der Waals surface area contributed by atoms with Crippen LogP contribution in [0.5, 0.6) is 0 Å². The summed E-state index contributed by atoms with van der Waals surface area (Å²) < 4.78 is 11.2. The number of fused-ring (bicyclic) bond motifs is 1. The van der Waals surface area contributed by atoms with Crippen molar-refractivity contribution >= 4 is 11.0 Å². The fourth-order valence-electron chi connectivity index (χ4n) is 2.75. The molecule has 0 radical (unpaired) electrons. The summed E-state index contributed by atoms with van der Waals surface area (Å²) in [4.78, 5) is 0. The van der Waals surface area contributed by atoms with Gasteiger partial charge in [-0.1, -0.05) is 18.2 Å². The van der Waals surface area contributed by atoms with Crippen molar-refractivity contribution in [3.8, 4) is 0 Å². The number of furan rings is 1. The van der Waals surface area contributed by atoms with Crippen LogP contribution in [-0.2, 0) is 10.2 Å². The van der Waals surface area contributed by atoms with Crippen LogP contribution in [0.2, 0.25) is 0 Å². The minimum atomic E-state index is -0.0299. The molecule has 1 aliphatic rings. The Morgan fingerprint density at radius 1 is 1.22 bits per heavy atom. The number of likely N-dealkylation sites (N-methyl/N-ethyl adjacent to an activating group) is 1. The Hall–Kier alpha value is -1.32. The number of benzene rings is 1. The molecule has 1 saturated heterocycles. The highest BCUT2D eigenvalue weighted by Gasteiger charge is 2.53. The smallest absolute Gasteiger partial charge is 0.134 e. The van der Waals surface area contributed by atoms with Gasteiger partial charge in [0.15, 0.2) is 0 Å². The Bertz CT molecular complexity index is 567. The lowest BCUT2D eigenvalue weighted by Gasteiger charge is -2.52. The molecule has 1 aliphatic heterocycles. The standard InChI is InChI=1S/C15H19NO2/c1-14(2,16-3)15(9-17-10-15)12-8-18-13-7-5-4-6-11(12)13/h4-8,16H,9-10H2,1-3H3. The molecule has 96 valence electrons. The van der Waals surface area contributed by atoms with E-state index in [1.54, 1.807) is 0 Å². The third-order valence-electron chi connectivity index (χ3n) is 4.51. The SMILES string of the molecule is CNC(C)(C)C1(c2coc3ccccc23)COC1. The van der Waals surface area contributed by atoms with Gasteiger partial charge in [0.1, 0.15) is 5.58 Å². The molecule has 0 aliphatic carbocycles. The Labute approximate surface area is 107 Å². The summed E-state index contributed by atoms with van der Waals surface area (Å²) in [5.74, 6) is 0. The van der Waals surface area contributed by atoms with Gasteiger partial charge in [-0.3, -0.25) is 0 Å². The molecule has 0 amide bonds. The van der Waals surface area contributed by atoms with Gasteiger partial charge in [-0.15, -0.1) is 0 Å². The van der Waals surface area contributed by atoms with Crippen LogP contribution in [0.1, 0.15) is 19.4 Å². The molecule has 0 atom stereocenters. The molecule has 1 aromatic carbocycles. The van der Waals surface area contributed by atoms with E-state index in [0.29, 0.717) is 0 Å². The minimum absolute atomic E-state index is 0.00560. The zero-order valence-electron chi connectivity index (χ0n) is 11.1. The molecule has 18 heavy (non-hydrogen) atoms. The van der Waals surface area contributed by atoms with Gasteiger partial charge in [0.05, 0.1) is 24.9 Å². The molecular formula is C15H19NO2. The van der Waals surface area contributed by atoms with Gasteiger partial charge in [0.25, 0.3) is 0 Å². The number of hydrogen-bond donors (Lipinski definition) is 1. The molecular weight excluding hydrogens is 226 g/mol. The summed E-state index contributed by atoms with van der Waals surface area (Å²) >= 11 is 0. The van der Waals surface area contributed by atoms with Crippen LogP contribution in [0.15, 0.2) is 34.9 Å². The van der Waals surface area contributed by atoms with Gasteiger partial charge in [0, 0.05) is 16.5 Å². The largest absolute Gasteiger partial charge is 0.464 e. The highest BCUT2D eigenvalue weighted by atomic mass is 16.5. The molecule has 0 spiro atoms. The van der Waals surface area contributed by atoms with Gasteiger partial charge in [-0.2, -0.15) is 0 Å². The highest BCUT2D eigenvalue weighted by molar-refractivity contribution is 5.82. The van der Waals surface area contributed by atoms with Crippen LogP contribution in [0.4, 0.5) is 0 Å². The topological polar surface area (TPSA) is 34.4 Å². The second kappa shape index (κ2) is 3.84. The van der Waals surface area contributed by atoms with E-state index >= 15 is 0 Å². The maximum absolute atomic E-state index is 5.69. The van der Waals surface area contributed by atoms with E-state index in [1.807, 2.05) is 25.4 Å². The first-order valence-electron chi connectivity index (χ1n) is 6.34. The highest BCUT2D eigenvalue weighted by Crippen LogP contribution is 2.45. The molecule has 2 aromatic rings. The van der Waals surface area contributed by atoms with E-state index in [2.05, 4.69) is 31.3 Å². The third kappa shape index (κ3) is 1.38. The van der Waals surface area contributed by atoms with Crippen LogP contribution in [-0.4, -0.2) is 25.8 Å². The van der Waals surface area contributed by atoms with Crippen molar-refractivity contribution in [3.63, 3.8) is 0 Å². The summed E-state index contributed by atoms with van der Waals surface area (Å²) in [5.41, 5.74) is 2.17. The molecule has 1 N–H and O–H groups in total. The molecule has 3 rings (SSSR count). The molecule has 0 saturated carbocycles. The van der Waals surface area contributed by atoms with Crippen molar-refractivity contribution in [1.29, 1.82) is 0 Å². The first kappa shape index (κ1) is 11.8. The number of rotatable bonds is 3. The Morgan fingerprint density at radius 2 is 1.94 bits per heavy atom. The maximum Gasteiger partial charge on any atom is 0.134 e. The zero-order chi connectivity index (χ0) is 12.8. The first-order valence-corrected chi connectivity index (χ1v) is 6.34. The second-order valence-electron chi connectivity index (χ2n) is 5.60. The van der Waals surface area contributed by atoms with Crippen molar-refractivity contribution in [2.24, 2.45) is 0 Å². The quantitative estimate of drug-likeness (QED) is 0.902. The molecule has 3 heteroatoms. The van der Waals surface area contributed by atoms with Crippen LogP contribution >= 0.6 is 0 Å². The molecule has 1 aromatic heterocycles. The van der Waals surface area contributed by atoms with Crippen LogP contribution in [0, 0.1) is 0 Å². The number of ether oxygens (including phenoxy) is 1. The predicted molar refractivity (Wildman–Crippen MR) is 71.8 cm³/mol. The van der Waals surface area contributed by atoms with E-state index in [4.69, 9.17) is 9.15 Å². The van der Waals surface area contributed by atoms with Crippen LogP contribution in [0.25, 0.3) is 11.0 Å².